The minimum absolute atomic E-state index is 0.0250. The minimum atomic E-state index is -3.75. The molecule has 2 atom stereocenters. The Bertz CT molecular complexity index is 815. The van der Waals surface area contributed by atoms with Crippen molar-refractivity contribution in [1.29, 1.82) is 0 Å². The van der Waals surface area contributed by atoms with Crippen molar-refractivity contribution in [2.45, 2.75) is 50.8 Å². The van der Waals surface area contributed by atoms with Crippen LogP contribution in [0.1, 0.15) is 44.6 Å². The minimum Gasteiger partial charge on any atom is -0.289 e. The summed E-state index contributed by atoms with van der Waals surface area (Å²) in [5.41, 5.74) is 3.39. The van der Waals surface area contributed by atoms with Crippen molar-refractivity contribution in [1.82, 2.24) is 14.7 Å². The van der Waals surface area contributed by atoms with Crippen LogP contribution in [0.15, 0.2) is 23.1 Å². The lowest BCUT2D eigenvalue weighted by Crippen LogP contribution is -2.48. The molecule has 1 N–H and O–H groups in total. The van der Waals surface area contributed by atoms with Crippen LogP contribution in [-0.4, -0.2) is 49.8 Å². The van der Waals surface area contributed by atoms with Gasteiger partial charge in [0.2, 0.25) is 15.9 Å². The quantitative estimate of drug-likeness (QED) is 0.809. The highest BCUT2D eigenvalue weighted by Crippen LogP contribution is 2.26. The van der Waals surface area contributed by atoms with E-state index >= 15 is 0 Å². The average Bonchev–Trinajstić information content (AvgIpc) is 2.64. The first-order chi connectivity index (χ1) is 13.3. The molecular formula is C20H30FN3O3S. The van der Waals surface area contributed by atoms with Crippen molar-refractivity contribution < 1.29 is 17.6 Å². The number of halogens is 1. The Morgan fingerprint density at radius 1 is 1.21 bits per heavy atom. The second kappa shape index (κ2) is 8.88. The topological polar surface area (TPSA) is 69.7 Å². The fourth-order valence-electron chi connectivity index (χ4n) is 4.07. The van der Waals surface area contributed by atoms with Crippen LogP contribution in [0.2, 0.25) is 0 Å². The number of hydrogen-bond donors (Lipinski definition) is 1. The summed E-state index contributed by atoms with van der Waals surface area (Å²) in [6.07, 6.45) is 4.08. The number of amides is 1. The van der Waals surface area contributed by atoms with Crippen molar-refractivity contribution in [3.63, 3.8) is 0 Å². The fraction of sp³-hybridized carbons (Fsp3) is 0.650. The molecule has 28 heavy (non-hydrogen) atoms. The Kier molecular flexibility index (Phi) is 6.73. The summed E-state index contributed by atoms with van der Waals surface area (Å²) >= 11 is 0. The van der Waals surface area contributed by atoms with Crippen molar-refractivity contribution >= 4 is 15.9 Å². The highest BCUT2D eigenvalue weighted by molar-refractivity contribution is 7.89. The first kappa shape index (κ1) is 21.2. The Hall–Kier alpha value is -1.51. The fourth-order valence-corrected chi connectivity index (χ4v) is 5.64. The second-order valence-electron chi connectivity index (χ2n) is 8.21. The predicted molar refractivity (Wildman–Crippen MR) is 105 cm³/mol. The van der Waals surface area contributed by atoms with Gasteiger partial charge in [-0.15, -0.1) is 0 Å². The summed E-state index contributed by atoms with van der Waals surface area (Å²) in [7, 11) is -3.75. The third-order valence-electron chi connectivity index (χ3n) is 5.68. The van der Waals surface area contributed by atoms with Crippen LogP contribution in [-0.2, 0) is 14.8 Å². The van der Waals surface area contributed by atoms with E-state index in [-0.39, 0.29) is 16.7 Å². The first-order valence-electron chi connectivity index (χ1n) is 10.1. The summed E-state index contributed by atoms with van der Waals surface area (Å²) in [6.45, 7) is 6.19. The summed E-state index contributed by atoms with van der Waals surface area (Å²) < 4.78 is 41.0. The molecule has 3 rings (SSSR count). The number of hydrazine groups is 1. The zero-order chi connectivity index (χ0) is 20.3. The van der Waals surface area contributed by atoms with E-state index < -0.39 is 15.8 Å². The second-order valence-corrected chi connectivity index (χ2v) is 10.2. The SMILES string of the molecule is Cc1ccc(S(=O)(=O)N2CCCC(CC(=O)NN3CCCC(C)C3)C2)cc1F. The molecule has 2 aliphatic rings. The van der Waals surface area contributed by atoms with Gasteiger partial charge in [-0.25, -0.2) is 17.8 Å². The molecule has 8 heteroatoms. The monoisotopic (exact) mass is 411 g/mol. The molecule has 0 bridgehead atoms. The highest BCUT2D eigenvalue weighted by Gasteiger charge is 2.32. The van der Waals surface area contributed by atoms with E-state index in [4.69, 9.17) is 0 Å². The lowest BCUT2D eigenvalue weighted by atomic mass is 9.96. The van der Waals surface area contributed by atoms with E-state index in [1.807, 2.05) is 5.01 Å². The number of nitrogens with one attached hydrogen (secondary N) is 1. The van der Waals surface area contributed by atoms with Crippen molar-refractivity contribution in [2.75, 3.05) is 26.2 Å². The summed E-state index contributed by atoms with van der Waals surface area (Å²) in [5, 5.41) is 1.98. The maximum absolute atomic E-state index is 13.8. The number of rotatable bonds is 5. The highest BCUT2D eigenvalue weighted by atomic mass is 32.2. The number of benzene rings is 1. The van der Waals surface area contributed by atoms with Gasteiger partial charge in [0, 0.05) is 32.6 Å². The number of piperidine rings is 2. The first-order valence-corrected chi connectivity index (χ1v) is 11.5. The maximum Gasteiger partial charge on any atom is 0.243 e. The molecule has 0 aliphatic carbocycles. The Balaban J connectivity index is 1.60. The van der Waals surface area contributed by atoms with Gasteiger partial charge in [0.1, 0.15) is 5.82 Å². The number of hydrogen-bond acceptors (Lipinski definition) is 4. The molecule has 0 spiro atoms. The number of sulfonamides is 1. The van der Waals surface area contributed by atoms with E-state index in [0.717, 1.165) is 32.0 Å². The molecule has 1 aromatic carbocycles. The van der Waals surface area contributed by atoms with Gasteiger partial charge in [0.05, 0.1) is 4.90 Å². The normalized spacial score (nSPS) is 24.8. The van der Waals surface area contributed by atoms with Crippen LogP contribution in [0.4, 0.5) is 4.39 Å². The molecule has 2 aliphatic heterocycles. The van der Waals surface area contributed by atoms with Gasteiger partial charge >= 0.3 is 0 Å². The van der Waals surface area contributed by atoms with Gasteiger partial charge in [0.15, 0.2) is 0 Å². The number of nitrogens with zero attached hydrogens (tertiary/aromatic N) is 2. The van der Waals surface area contributed by atoms with Crippen LogP contribution in [0.25, 0.3) is 0 Å². The van der Waals surface area contributed by atoms with Crippen LogP contribution >= 0.6 is 0 Å². The van der Waals surface area contributed by atoms with E-state index in [1.165, 1.54) is 22.9 Å². The molecule has 2 saturated heterocycles. The van der Waals surface area contributed by atoms with Gasteiger partial charge in [-0.05, 0) is 62.1 Å². The summed E-state index contributed by atoms with van der Waals surface area (Å²) in [6, 6.07) is 4.01. The largest absolute Gasteiger partial charge is 0.289 e. The molecule has 0 radical (unpaired) electrons. The molecule has 2 unspecified atom stereocenters. The average molecular weight is 412 g/mol. The Labute approximate surface area is 167 Å². The number of carbonyl (C=O) groups excluding carboxylic acids is 1. The predicted octanol–water partition coefficient (Wildman–Crippen LogP) is 2.69. The van der Waals surface area contributed by atoms with Gasteiger partial charge in [0.25, 0.3) is 0 Å². The van der Waals surface area contributed by atoms with Crippen LogP contribution in [0.3, 0.4) is 0 Å². The van der Waals surface area contributed by atoms with E-state index in [1.54, 1.807) is 6.92 Å². The summed E-state index contributed by atoms with van der Waals surface area (Å²) in [5.74, 6) is -0.0372. The van der Waals surface area contributed by atoms with E-state index in [0.29, 0.717) is 37.4 Å². The van der Waals surface area contributed by atoms with E-state index in [2.05, 4.69) is 12.3 Å². The molecule has 1 aromatic rings. The number of carbonyl (C=O) groups is 1. The van der Waals surface area contributed by atoms with Crippen molar-refractivity contribution in [3.05, 3.63) is 29.6 Å². The van der Waals surface area contributed by atoms with Gasteiger partial charge < -0.3 is 0 Å². The maximum atomic E-state index is 13.8. The third kappa shape index (κ3) is 5.10. The molecule has 0 aromatic heterocycles. The van der Waals surface area contributed by atoms with E-state index in [9.17, 15) is 17.6 Å². The lowest BCUT2D eigenvalue weighted by molar-refractivity contribution is -0.128. The Morgan fingerprint density at radius 3 is 2.68 bits per heavy atom. The smallest absolute Gasteiger partial charge is 0.243 e. The van der Waals surface area contributed by atoms with Crippen LogP contribution < -0.4 is 5.43 Å². The van der Waals surface area contributed by atoms with Gasteiger partial charge in [-0.2, -0.15) is 4.31 Å². The molecule has 2 fully saturated rings. The zero-order valence-corrected chi connectivity index (χ0v) is 17.5. The van der Waals surface area contributed by atoms with Crippen LogP contribution in [0.5, 0.6) is 0 Å². The molecule has 0 saturated carbocycles. The number of aryl methyl sites for hydroxylation is 1. The lowest BCUT2D eigenvalue weighted by Gasteiger charge is -2.33. The molecule has 2 heterocycles. The molecular weight excluding hydrogens is 381 g/mol. The third-order valence-corrected chi connectivity index (χ3v) is 7.54. The molecule has 6 nitrogen and oxygen atoms in total. The Morgan fingerprint density at radius 2 is 1.96 bits per heavy atom. The van der Waals surface area contributed by atoms with Crippen LogP contribution in [0, 0.1) is 24.6 Å². The van der Waals surface area contributed by atoms with Crippen molar-refractivity contribution in [3.8, 4) is 0 Å². The summed E-state index contributed by atoms with van der Waals surface area (Å²) in [4.78, 5) is 12.4. The zero-order valence-electron chi connectivity index (χ0n) is 16.7. The standard InChI is InChI=1S/C20H30FN3O3S/c1-15-5-3-9-23(13-15)22-20(25)11-17-6-4-10-24(14-17)28(26,27)18-8-7-16(2)19(21)12-18/h7-8,12,15,17H,3-6,9-11,13-14H2,1-2H3,(H,22,25). The molecule has 156 valence electrons. The molecule has 1 amide bonds. The van der Waals surface area contributed by atoms with Crippen molar-refractivity contribution in [2.24, 2.45) is 11.8 Å². The van der Waals surface area contributed by atoms with Gasteiger partial charge in [-0.1, -0.05) is 13.0 Å². The van der Waals surface area contributed by atoms with Gasteiger partial charge in [-0.3, -0.25) is 10.2 Å².